The molecule has 0 aliphatic heterocycles. The summed E-state index contributed by atoms with van der Waals surface area (Å²) < 4.78 is 1.15. The van der Waals surface area contributed by atoms with Gasteiger partial charge in [-0.15, -0.1) is 0 Å². The molecule has 0 aliphatic rings. The van der Waals surface area contributed by atoms with Gasteiger partial charge in [0.1, 0.15) is 0 Å². The number of halogens is 1. The van der Waals surface area contributed by atoms with E-state index in [2.05, 4.69) is 27.7 Å². The number of aryl methyl sites for hydroxylation is 1. The van der Waals surface area contributed by atoms with Crippen molar-refractivity contribution in [2.24, 2.45) is 10.9 Å². The molecule has 0 heterocycles. The number of nitrogens with two attached hydrogens (primary N) is 1. The lowest BCUT2D eigenvalue weighted by Gasteiger charge is -2.07. The van der Waals surface area contributed by atoms with Crippen LogP contribution in [0, 0.1) is 17.4 Å². The molecular formula is C9H11IN2O. The molecule has 1 aromatic carbocycles. The standard InChI is InChI=1S/C9H11IN2O/c1-5-3-4-7(9(11)12-13)6(2)8(5)10/h3-4,13H,1-2H3,(H2,11,12). The fraction of sp³-hybridized carbons (Fsp3) is 0.222. The van der Waals surface area contributed by atoms with E-state index < -0.39 is 0 Å². The lowest BCUT2D eigenvalue weighted by Crippen LogP contribution is -2.15. The van der Waals surface area contributed by atoms with Crippen molar-refractivity contribution in [2.45, 2.75) is 13.8 Å². The predicted octanol–water partition coefficient (Wildman–Crippen LogP) is 2.00. The number of hydrogen-bond donors (Lipinski definition) is 2. The highest BCUT2D eigenvalue weighted by Crippen LogP contribution is 2.19. The van der Waals surface area contributed by atoms with Gasteiger partial charge in [0.05, 0.1) is 0 Å². The van der Waals surface area contributed by atoms with Gasteiger partial charge < -0.3 is 10.9 Å². The molecule has 0 amide bonds. The lowest BCUT2D eigenvalue weighted by molar-refractivity contribution is 0.318. The highest BCUT2D eigenvalue weighted by atomic mass is 127. The second kappa shape index (κ2) is 3.95. The predicted molar refractivity (Wildman–Crippen MR) is 61.1 cm³/mol. The largest absolute Gasteiger partial charge is 0.409 e. The van der Waals surface area contributed by atoms with Crippen LogP contribution >= 0.6 is 22.6 Å². The number of nitrogens with zero attached hydrogens (tertiary/aromatic N) is 1. The molecule has 0 aliphatic carbocycles. The zero-order valence-corrected chi connectivity index (χ0v) is 9.66. The SMILES string of the molecule is Cc1ccc(C(N)=NO)c(C)c1I. The van der Waals surface area contributed by atoms with E-state index in [-0.39, 0.29) is 5.84 Å². The lowest BCUT2D eigenvalue weighted by atomic mass is 10.1. The van der Waals surface area contributed by atoms with Crippen LogP contribution in [0.15, 0.2) is 17.3 Å². The van der Waals surface area contributed by atoms with E-state index in [9.17, 15) is 0 Å². The monoisotopic (exact) mass is 290 g/mol. The molecule has 0 unspecified atom stereocenters. The minimum Gasteiger partial charge on any atom is -0.409 e. The maximum absolute atomic E-state index is 8.53. The van der Waals surface area contributed by atoms with Crippen molar-refractivity contribution in [1.82, 2.24) is 0 Å². The van der Waals surface area contributed by atoms with Crippen LogP contribution in [-0.2, 0) is 0 Å². The molecule has 0 atom stereocenters. The molecular weight excluding hydrogens is 279 g/mol. The molecule has 0 saturated carbocycles. The van der Waals surface area contributed by atoms with Gasteiger partial charge in [-0.25, -0.2) is 0 Å². The Balaban J connectivity index is 3.34. The first-order valence-electron chi connectivity index (χ1n) is 3.81. The van der Waals surface area contributed by atoms with Gasteiger partial charge in [-0.05, 0) is 47.6 Å². The highest BCUT2D eigenvalue weighted by molar-refractivity contribution is 14.1. The highest BCUT2D eigenvalue weighted by Gasteiger charge is 2.07. The summed E-state index contributed by atoms with van der Waals surface area (Å²) >= 11 is 2.25. The Labute approximate surface area is 90.8 Å². The maximum Gasteiger partial charge on any atom is 0.170 e. The smallest absolute Gasteiger partial charge is 0.170 e. The normalized spacial score (nSPS) is 11.8. The van der Waals surface area contributed by atoms with E-state index in [0.29, 0.717) is 0 Å². The van der Waals surface area contributed by atoms with Gasteiger partial charge in [0.15, 0.2) is 5.84 Å². The van der Waals surface area contributed by atoms with Crippen molar-refractivity contribution in [2.75, 3.05) is 0 Å². The van der Waals surface area contributed by atoms with E-state index in [1.165, 1.54) is 5.56 Å². The Morgan fingerprint density at radius 1 is 1.46 bits per heavy atom. The van der Waals surface area contributed by atoms with Gasteiger partial charge in [-0.3, -0.25) is 0 Å². The summed E-state index contributed by atoms with van der Waals surface area (Å²) in [5, 5.41) is 11.5. The van der Waals surface area contributed by atoms with Crippen LogP contribution < -0.4 is 5.73 Å². The Bertz CT molecular complexity index is 361. The Morgan fingerprint density at radius 2 is 2.08 bits per heavy atom. The topological polar surface area (TPSA) is 58.6 Å². The third kappa shape index (κ3) is 1.93. The molecule has 0 bridgehead atoms. The maximum atomic E-state index is 8.53. The first kappa shape index (κ1) is 10.3. The summed E-state index contributed by atoms with van der Waals surface area (Å²) in [6.07, 6.45) is 0. The molecule has 70 valence electrons. The summed E-state index contributed by atoms with van der Waals surface area (Å²) in [5.74, 6) is 0.162. The molecule has 3 N–H and O–H groups in total. The molecule has 0 spiro atoms. The fourth-order valence-electron chi connectivity index (χ4n) is 1.15. The van der Waals surface area contributed by atoms with E-state index in [1.54, 1.807) is 0 Å². The second-order valence-electron chi connectivity index (χ2n) is 2.85. The molecule has 0 radical (unpaired) electrons. The Hall–Kier alpha value is -0.780. The van der Waals surface area contributed by atoms with Gasteiger partial charge in [-0.1, -0.05) is 17.3 Å². The fourth-order valence-corrected chi connectivity index (χ4v) is 1.62. The van der Waals surface area contributed by atoms with Crippen LogP contribution in [0.5, 0.6) is 0 Å². The average Bonchev–Trinajstić information content (AvgIpc) is 2.13. The first-order chi connectivity index (χ1) is 6.07. The van der Waals surface area contributed by atoms with Crippen molar-refractivity contribution in [3.05, 3.63) is 32.4 Å². The van der Waals surface area contributed by atoms with E-state index in [0.717, 1.165) is 14.7 Å². The molecule has 4 heteroatoms. The van der Waals surface area contributed by atoms with Gasteiger partial charge in [0.25, 0.3) is 0 Å². The van der Waals surface area contributed by atoms with Crippen LogP contribution in [0.2, 0.25) is 0 Å². The molecule has 13 heavy (non-hydrogen) atoms. The van der Waals surface area contributed by atoms with E-state index in [1.807, 2.05) is 26.0 Å². The first-order valence-corrected chi connectivity index (χ1v) is 4.89. The van der Waals surface area contributed by atoms with E-state index in [4.69, 9.17) is 10.9 Å². The summed E-state index contributed by atoms with van der Waals surface area (Å²) in [6.45, 7) is 3.99. The van der Waals surface area contributed by atoms with Crippen LogP contribution in [0.4, 0.5) is 0 Å². The molecule has 0 aromatic heterocycles. The van der Waals surface area contributed by atoms with Crippen molar-refractivity contribution in [3.8, 4) is 0 Å². The number of oxime groups is 1. The molecule has 3 nitrogen and oxygen atoms in total. The summed E-state index contributed by atoms with van der Waals surface area (Å²) in [5.41, 5.74) is 8.55. The Morgan fingerprint density at radius 3 is 2.62 bits per heavy atom. The van der Waals surface area contributed by atoms with E-state index >= 15 is 0 Å². The zero-order valence-electron chi connectivity index (χ0n) is 7.50. The quantitative estimate of drug-likeness (QED) is 0.273. The van der Waals surface area contributed by atoms with Crippen LogP contribution in [0.1, 0.15) is 16.7 Å². The average molecular weight is 290 g/mol. The summed E-state index contributed by atoms with van der Waals surface area (Å²) in [7, 11) is 0. The second-order valence-corrected chi connectivity index (χ2v) is 3.93. The van der Waals surface area contributed by atoms with Crippen LogP contribution in [0.3, 0.4) is 0 Å². The van der Waals surface area contributed by atoms with Crippen LogP contribution in [0.25, 0.3) is 0 Å². The van der Waals surface area contributed by atoms with Crippen molar-refractivity contribution in [3.63, 3.8) is 0 Å². The minimum absolute atomic E-state index is 0.162. The molecule has 0 fully saturated rings. The summed E-state index contributed by atoms with van der Waals surface area (Å²) in [6, 6.07) is 3.82. The molecule has 1 aromatic rings. The van der Waals surface area contributed by atoms with Gasteiger partial charge in [-0.2, -0.15) is 0 Å². The number of benzene rings is 1. The van der Waals surface area contributed by atoms with Gasteiger partial charge >= 0.3 is 0 Å². The van der Waals surface area contributed by atoms with Crippen molar-refractivity contribution < 1.29 is 5.21 Å². The minimum atomic E-state index is 0.162. The van der Waals surface area contributed by atoms with Gasteiger partial charge in [0.2, 0.25) is 0 Å². The number of amidine groups is 1. The Kier molecular flexibility index (Phi) is 3.13. The molecule has 0 saturated heterocycles. The number of hydrogen-bond acceptors (Lipinski definition) is 2. The van der Waals surface area contributed by atoms with Crippen LogP contribution in [-0.4, -0.2) is 11.0 Å². The number of rotatable bonds is 1. The summed E-state index contributed by atoms with van der Waals surface area (Å²) in [4.78, 5) is 0. The zero-order chi connectivity index (χ0) is 10.0. The third-order valence-corrected chi connectivity index (χ3v) is 3.62. The third-order valence-electron chi connectivity index (χ3n) is 1.96. The van der Waals surface area contributed by atoms with Crippen molar-refractivity contribution >= 4 is 28.4 Å². The van der Waals surface area contributed by atoms with Gasteiger partial charge in [0, 0.05) is 9.13 Å². The van der Waals surface area contributed by atoms with Crippen molar-refractivity contribution in [1.29, 1.82) is 0 Å². The molecule has 1 rings (SSSR count).